The molecule has 2 aromatic heterocycles. The molecule has 0 radical (unpaired) electrons. The van der Waals surface area contributed by atoms with Gasteiger partial charge < -0.3 is 19.8 Å². The van der Waals surface area contributed by atoms with Gasteiger partial charge in [-0.15, -0.1) is 0 Å². The van der Waals surface area contributed by atoms with Gasteiger partial charge in [0.2, 0.25) is 17.7 Å². The highest BCUT2D eigenvalue weighted by Crippen LogP contribution is 2.35. The van der Waals surface area contributed by atoms with E-state index in [9.17, 15) is 29.1 Å². The third-order valence-electron chi connectivity index (χ3n) is 16.0. The summed E-state index contributed by atoms with van der Waals surface area (Å²) in [4.78, 5) is 81.1. The van der Waals surface area contributed by atoms with Gasteiger partial charge in [-0.25, -0.2) is 9.37 Å². The molecular weight excluding hydrogens is 940 g/mol. The number of fused-ring (bicyclic) bond motifs is 2. The van der Waals surface area contributed by atoms with Crippen LogP contribution >= 0.6 is 0 Å². The van der Waals surface area contributed by atoms with Crippen molar-refractivity contribution in [3.05, 3.63) is 101 Å². The largest absolute Gasteiger partial charge is 0.395 e. The molecule has 4 saturated heterocycles. The number of rotatable bonds is 18. The van der Waals surface area contributed by atoms with Crippen LogP contribution in [0.4, 0.5) is 15.9 Å². The molecule has 10 rings (SSSR count). The van der Waals surface area contributed by atoms with Crippen LogP contribution < -0.4 is 15.1 Å². The predicted octanol–water partition coefficient (Wildman–Crippen LogP) is 6.36. The minimum Gasteiger partial charge on any atom is -0.395 e. The van der Waals surface area contributed by atoms with Crippen LogP contribution in [0.25, 0.3) is 28.0 Å². The third kappa shape index (κ3) is 11.1. The number of aliphatic hydroxyl groups excluding tert-OH is 1. The SMILES string of the molecule is Cc1nn2c(N3CCN(CCO)CC3)cc(-c3cccc(CCCCCCCCC(=O)N4CCC(CN5CCN(c6cc7c(cc6F)C(=O)N(C6CCC(=O)NC6=O)C7=O)CC5)CC4)c3)nc2c1-c1ccccc1. The Bertz CT molecular complexity index is 2870. The highest BCUT2D eigenvalue weighted by molar-refractivity contribution is 6.23. The van der Waals surface area contributed by atoms with Crippen LogP contribution in [0.5, 0.6) is 0 Å². The number of hydrogen-bond acceptors (Lipinski definition) is 12. The minimum absolute atomic E-state index is 0.0189. The molecule has 3 aromatic carbocycles. The number of aromatic nitrogens is 3. The van der Waals surface area contributed by atoms with Gasteiger partial charge in [-0.05, 0) is 80.7 Å². The summed E-state index contributed by atoms with van der Waals surface area (Å²) in [5.41, 5.74) is 7.59. The first-order valence-corrected chi connectivity index (χ1v) is 27.0. The number of aliphatic hydroxyl groups is 1. The van der Waals surface area contributed by atoms with Crippen molar-refractivity contribution in [2.75, 3.05) is 94.9 Å². The Kier molecular flexibility index (Phi) is 15.8. The lowest BCUT2D eigenvalue weighted by Gasteiger charge is -2.39. The van der Waals surface area contributed by atoms with Crippen molar-refractivity contribution in [3.63, 3.8) is 0 Å². The van der Waals surface area contributed by atoms with Crippen LogP contribution in [0.2, 0.25) is 0 Å². The van der Waals surface area contributed by atoms with Crippen molar-refractivity contribution in [3.8, 4) is 22.4 Å². The van der Waals surface area contributed by atoms with Gasteiger partial charge in [-0.1, -0.05) is 74.2 Å². The molecule has 0 spiro atoms. The fraction of sp³-hybridized carbons (Fsp3) is 0.491. The summed E-state index contributed by atoms with van der Waals surface area (Å²) >= 11 is 0. The van der Waals surface area contributed by atoms with E-state index >= 15 is 4.39 Å². The second-order valence-corrected chi connectivity index (χ2v) is 20.8. The normalized spacial score (nSPS) is 19.3. The fourth-order valence-electron chi connectivity index (χ4n) is 11.7. The molecule has 0 aliphatic carbocycles. The number of carbonyl (C=O) groups excluding carboxylic acids is 5. The fourth-order valence-corrected chi connectivity index (χ4v) is 11.7. The Balaban J connectivity index is 0.635. The number of carbonyl (C=O) groups is 5. The zero-order valence-electron chi connectivity index (χ0n) is 42.7. The third-order valence-corrected chi connectivity index (χ3v) is 16.0. The highest BCUT2D eigenvalue weighted by Gasteiger charge is 2.45. The first-order valence-electron chi connectivity index (χ1n) is 27.0. The maximum absolute atomic E-state index is 15.5. The first kappa shape index (κ1) is 50.9. The van der Waals surface area contributed by atoms with Gasteiger partial charge in [0.15, 0.2) is 5.65 Å². The van der Waals surface area contributed by atoms with Crippen LogP contribution in [0, 0.1) is 18.7 Å². The second kappa shape index (κ2) is 22.9. The number of anilines is 2. The molecule has 17 heteroatoms. The Labute approximate surface area is 432 Å². The number of hydrogen-bond donors (Lipinski definition) is 2. The summed E-state index contributed by atoms with van der Waals surface area (Å²) in [5, 5.41) is 16.8. The van der Waals surface area contributed by atoms with Crippen LogP contribution in [0.15, 0.2) is 72.8 Å². The van der Waals surface area contributed by atoms with Crippen LogP contribution in [-0.4, -0.2) is 160 Å². The molecule has 0 saturated carbocycles. The molecule has 16 nitrogen and oxygen atoms in total. The van der Waals surface area contributed by atoms with E-state index in [1.807, 2.05) is 20.4 Å². The molecule has 1 unspecified atom stereocenters. The molecule has 7 heterocycles. The van der Waals surface area contributed by atoms with E-state index in [0.29, 0.717) is 32.0 Å². The van der Waals surface area contributed by atoms with Crippen molar-refractivity contribution < 1.29 is 33.5 Å². The number of benzene rings is 3. The number of β-amino-alcohol motifs (C(OH)–C–C–N with tert-alkyl or cyclic N) is 1. The molecule has 5 aliphatic heterocycles. The first-order chi connectivity index (χ1) is 36.0. The van der Waals surface area contributed by atoms with Crippen molar-refractivity contribution in [1.82, 2.24) is 39.5 Å². The zero-order chi connectivity index (χ0) is 51.3. The standard InChI is InChI=1S/C57H69FN10O6/c1-39-53(42-14-8-6-9-15-42)54-59-47(37-51(68(54)61-39)65-30-24-62(25-31-65)32-33-69)43-16-11-13-40(34-43)12-7-4-2-3-5-10-17-52(71)66-22-20-41(21-23-66)38-63-26-28-64(29-27-63)49-36-45-44(35-46(49)58)56(73)67(57(45)74)48-18-19-50(70)60-55(48)72/h6,8-9,11,13-16,34-37,41,48,69H,2-5,7,10,12,17-33,38H2,1H3,(H,60,70,72). The van der Waals surface area contributed by atoms with Gasteiger partial charge in [-0.3, -0.25) is 44.0 Å². The zero-order valence-corrected chi connectivity index (χ0v) is 42.7. The molecule has 5 aromatic rings. The van der Waals surface area contributed by atoms with E-state index in [-0.39, 0.29) is 42.2 Å². The second-order valence-electron chi connectivity index (χ2n) is 20.8. The Morgan fingerprint density at radius 1 is 0.730 bits per heavy atom. The van der Waals surface area contributed by atoms with E-state index in [1.165, 1.54) is 11.6 Å². The van der Waals surface area contributed by atoms with E-state index in [0.717, 1.165) is 167 Å². The number of unbranched alkanes of at least 4 members (excludes halogenated alkanes) is 5. The lowest BCUT2D eigenvalue weighted by atomic mass is 9.95. The number of imide groups is 2. The molecular formula is C57H69FN10O6. The molecule has 4 fully saturated rings. The summed E-state index contributed by atoms with van der Waals surface area (Å²) in [7, 11) is 0. The van der Waals surface area contributed by atoms with E-state index < -0.39 is 35.5 Å². The van der Waals surface area contributed by atoms with Crippen molar-refractivity contribution >= 4 is 46.7 Å². The molecule has 1 atom stereocenters. The molecule has 74 heavy (non-hydrogen) atoms. The quantitative estimate of drug-likeness (QED) is 0.0738. The number of likely N-dealkylation sites (tertiary alicyclic amines) is 1. The number of amides is 5. The Morgan fingerprint density at radius 3 is 2.14 bits per heavy atom. The molecule has 390 valence electrons. The maximum atomic E-state index is 15.5. The number of piperidine rings is 2. The number of aryl methyl sites for hydroxylation is 2. The van der Waals surface area contributed by atoms with Gasteiger partial charge >= 0.3 is 0 Å². The van der Waals surface area contributed by atoms with Gasteiger partial charge in [0.05, 0.1) is 34.8 Å². The van der Waals surface area contributed by atoms with Crippen molar-refractivity contribution in [2.45, 2.75) is 90.0 Å². The van der Waals surface area contributed by atoms with Crippen molar-refractivity contribution in [2.24, 2.45) is 5.92 Å². The van der Waals surface area contributed by atoms with E-state index in [4.69, 9.17) is 10.1 Å². The Morgan fingerprint density at radius 2 is 1.41 bits per heavy atom. The number of nitrogens with zero attached hydrogens (tertiary/aromatic N) is 9. The average Bonchev–Trinajstić information content (AvgIpc) is 3.88. The average molecular weight is 1010 g/mol. The molecule has 5 aliphatic rings. The number of nitrogens with one attached hydrogen (secondary N) is 1. The van der Waals surface area contributed by atoms with Crippen LogP contribution in [0.3, 0.4) is 0 Å². The van der Waals surface area contributed by atoms with Crippen molar-refractivity contribution in [1.29, 1.82) is 0 Å². The summed E-state index contributed by atoms with van der Waals surface area (Å²) in [6.07, 6.45) is 10.1. The summed E-state index contributed by atoms with van der Waals surface area (Å²) in [6, 6.07) is 22.9. The smallest absolute Gasteiger partial charge is 0.262 e. The van der Waals surface area contributed by atoms with E-state index in [2.05, 4.69) is 81.5 Å². The lowest BCUT2D eigenvalue weighted by Crippen LogP contribution is -2.54. The van der Waals surface area contributed by atoms with Crippen LogP contribution in [-0.2, 0) is 20.8 Å². The molecule has 2 N–H and O–H groups in total. The van der Waals surface area contributed by atoms with Crippen LogP contribution in [0.1, 0.15) is 103 Å². The summed E-state index contributed by atoms with van der Waals surface area (Å²) in [5.74, 6) is -1.31. The van der Waals surface area contributed by atoms with Gasteiger partial charge in [0.1, 0.15) is 17.7 Å². The number of piperazine rings is 2. The summed E-state index contributed by atoms with van der Waals surface area (Å²) < 4.78 is 17.5. The Hall–Kier alpha value is -6.56. The highest BCUT2D eigenvalue weighted by atomic mass is 19.1. The molecule has 5 amide bonds. The summed E-state index contributed by atoms with van der Waals surface area (Å²) in [6.45, 7) is 11.4. The predicted molar refractivity (Wildman–Crippen MR) is 281 cm³/mol. The van der Waals surface area contributed by atoms with Gasteiger partial charge in [-0.2, -0.15) is 9.61 Å². The maximum Gasteiger partial charge on any atom is 0.262 e. The molecule has 0 bridgehead atoms. The van der Waals surface area contributed by atoms with Gasteiger partial charge in [0, 0.05) is 109 Å². The topological polar surface area (TPSA) is 167 Å². The lowest BCUT2D eigenvalue weighted by molar-refractivity contribution is -0.136. The number of halogens is 1. The minimum atomic E-state index is -1.10. The van der Waals surface area contributed by atoms with E-state index in [1.54, 1.807) is 0 Å². The van der Waals surface area contributed by atoms with Gasteiger partial charge in [0.25, 0.3) is 11.8 Å². The monoisotopic (exact) mass is 1010 g/mol.